The summed E-state index contributed by atoms with van der Waals surface area (Å²) in [5.41, 5.74) is 10.2. The van der Waals surface area contributed by atoms with Gasteiger partial charge in [0.15, 0.2) is 11.5 Å². The van der Waals surface area contributed by atoms with Gasteiger partial charge in [-0.25, -0.2) is 19.9 Å². The van der Waals surface area contributed by atoms with Gasteiger partial charge in [-0.1, -0.05) is 0 Å². The van der Waals surface area contributed by atoms with Crippen molar-refractivity contribution in [3.05, 3.63) is 41.7 Å². The first-order valence-electron chi connectivity index (χ1n) is 13.5. The third-order valence-electron chi connectivity index (χ3n) is 8.89. The maximum Gasteiger partial charge on any atom is 0.242 e. The molecule has 4 aromatic rings. The molecule has 2 atom stereocenters. The number of aliphatic hydroxyl groups is 1. The average Bonchev–Trinajstić information content (AvgIpc) is 3.41. The minimum Gasteiger partial charge on any atom is -0.386 e. The van der Waals surface area contributed by atoms with Crippen molar-refractivity contribution in [3.8, 4) is 0 Å². The van der Waals surface area contributed by atoms with E-state index in [1.807, 2.05) is 21.0 Å². The fraction of sp³-hybridized carbons (Fsp3) is 0.536. The fourth-order valence-corrected chi connectivity index (χ4v) is 6.27. The number of aryl methyl sites for hydroxylation is 3. The molecule has 3 aromatic heterocycles. The quantitative estimate of drug-likeness (QED) is 0.411. The number of anilines is 1. The molecule has 1 amide bonds. The summed E-state index contributed by atoms with van der Waals surface area (Å²) >= 11 is 0. The fourth-order valence-electron chi connectivity index (χ4n) is 6.27. The van der Waals surface area contributed by atoms with E-state index >= 15 is 0 Å². The molecule has 0 unspecified atom stereocenters. The van der Waals surface area contributed by atoms with E-state index in [1.165, 1.54) is 17.5 Å². The smallest absolute Gasteiger partial charge is 0.242 e. The molecule has 2 aliphatic rings. The second kappa shape index (κ2) is 9.27. The number of benzene rings is 1. The summed E-state index contributed by atoms with van der Waals surface area (Å²) in [6.07, 6.45) is 5.37. The summed E-state index contributed by atoms with van der Waals surface area (Å²) in [5, 5.41) is 11.4. The Hall–Kier alpha value is -3.57. The number of rotatable bonds is 3. The Morgan fingerprint density at radius 1 is 1.13 bits per heavy atom. The van der Waals surface area contributed by atoms with E-state index in [0.29, 0.717) is 43.1 Å². The van der Waals surface area contributed by atoms with Crippen molar-refractivity contribution in [1.29, 1.82) is 0 Å². The number of carbonyl (C=O) groups is 1. The lowest BCUT2D eigenvalue weighted by Gasteiger charge is -2.43. The molecule has 1 aromatic carbocycles. The van der Waals surface area contributed by atoms with E-state index < -0.39 is 5.60 Å². The van der Waals surface area contributed by atoms with Crippen molar-refractivity contribution in [2.75, 3.05) is 32.0 Å². The van der Waals surface area contributed by atoms with E-state index in [-0.39, 0.29) is 30.5 Å². The normalized spacial score (nSPS) is 23.5. The van der Waals surface area contributed by atoms with Gasteiger partial charge >= 0.3 is 0 Å². The van der Waals surface area contributed by atoms with E-state index in [2.05, 4.69) is 40.9 Å². The number of aromatic nitrogens is 6. The molecule has 2 fully saturated rings. The van der Waals surface area contributed by atoms with Crippen LogP contribution in [0.1, 0.15) is 49.2 Å². The van der Waals surface area contributed by atoms with Gasteiger partial charge in [0.1, 0.15) is 29.8 Å². The van der Waals surface area contributed by atoms with Gasteiger partial charge in [0, 0.05) is 13.1 Å². The second-order valence-electron chi connectivity index (χ2n) is 11.7. The molecule has 0 radical (unpaired) electrons. The third kappa shape index (κ3) is 4.43. The van der Waals surface area contributed by atoms with Gasteiger partial charge in [0.2, 0.25) is 5.91 Å². The number of carbonyl (C=O) groups excluding carboxylic acids is 1. The molecule has 2 aliphatic heterocycles. The zero-order chi connectivity index (χ0) is 27.5. The Kier molecular flexibility index (Phi) is 6.11. The van der Waals surface area contributed by atoms with Gasteiger partial charge in [-0.2, -0.15) is 0 Å². The number of amides is 1. The highest BCUT2D eigenvalue weighted by Crippen LogP contribution is 2.46. The molecule has 0 bridgehead atoms. The number of nitrogen functional groups attached to an aromatic ring is 1. The van der Waals surface area contributed by atoms with Crippen LogP contribution in [0.4, 0.5) is 5.82 Å². The van der Waals surface area contributed by atoms with Crippen LogP contribution >= 0.6 is 0 Å². The first-order chi connectivity index (χ1) is 18.6. The molecular weight excluding hydrogens is 496 g/mol. The molecule has 2 saturated heterocycles. The van der Waals surface area contributed by atoms with Crippen LogP contribution in [0, 0.1) is 26.2 Å². The zero-order valence-electron chi connectivity index (χ0n) is 23.0. The van der Waals surface area contributed by atoms with Crippen molar-refractivity contribution in [3.63, 3.8) is 0 Å². The second-order valence-corrected chi connectivity index (χ2v) is 11.7. The number of hydrogen-bond donors (Lipinski definition) is 2. The summed E-state index contributed by atoms with van der Waals surface area (Å²) < 4.78 is 10.0. The first kappa shape index (κ1) is 25.7. The largest absolute Gasteiger partial charge is 0.386 e. The summed E-state index contributed by atoms with van der Waals surface area (Å²) in [4.78, 5) is 33.0. The topological polar surface area (TPSA) is 137 Å². The molecule has 206 valence electrons. The van der Waals surface area contributed by atoms with Crippen LogP contribution in [0.2, 0.25) is 0 Å². The number of imidazole rings is 2. The maximum absolute atomic E-state index is 13.5. The lowest BCUT2D eigenvalue weighted by Crippen LogP contribution is -2.47. The summed E-state index contributed by atoms with van der Waals surface area (Å²) in [6.45, 7) is 10.2. The molecular formula is C28H36N8O3. The van der Waals surface area contributed by atoms with E-state index in [1.54, 1.807) is 13.3 Å². The number of likely N-dealkylation sites (tertiary alicyclic amines) is 1. The van der Waals surface area contributed by atoms with E-state index in [0.717, 1.165) is 29.7 Å². The van der Waals surface area contributed by atoms with Crippen LogP contribution in [-0.4, -0.2) is 76.9 Å². The highest BCUT2D eigenvalue weighted by molar-refractivity contribution is 5.82. The molecule has 3 N–H and O–H groups in total. The van der Waals surface area contributed by atoms with Crippen molar-refractivity contribution in [2.45, 2.75) is 65.1 Å². The van der Waals surface area contributed by atoms with Crippen LogP contribution in [0.3, 0.4) is 0 Å². The summed E-state index contributed by atoms with van der Waals surface area (Å²) in [5.74, 6) is 1.25. The van der Waals surface area contributed by atoms with Crippen LogP contribution < -0.4 is 5.73 Å². The van der Waals surface area contributed by atoms with Gasteiger partial charge < -0.3 is 29.6 Å². The molecule has 39 heavy (non-hydrogen) atoms. The molecule has 6 rings (SSSR count). The molecule has 0 aliphatic carbocycles. The predicted octanol–water partition coefficient (Wildman–Crippen LogP) is 2.70. The number of hydrogen-bond acceptors (Lipinski definition) is 8. The first-order valence-corrected chi connectivity index (χ1v) is 13.5. The standard InChI is InChI=1S/C28H36N8O3/c1-17-9-20-21(10-18(17)2)35(19(3)33-20)12-23(37)34-7-5-28(6-8-34)11-22(27(4,38)13-39-14-28)36-16-32-24-25(29)30-15-31-26(24)36/h9-10,15-16,22,38H,5-8,11-14H2,1-4H3,(H2,29,30,31)/t22-,27-/m1/s1. The van der Waals surface area contributed by atoms with E-state index in [4.69, 9.17) is 15.5 Å². The minimum absolute atomic E-state index is 0.0938. The maximum atomic E-state index is 13.5. The van der Waals surface area contributed by atoms with Crippen LogP contribution in [0.15, 0.2) is 24.8 Å². The van der Waals surface area contributed by atoms with Crippen molar-refractivity contribution in [1.82, 2.24) is 34.0 Å². The molecule has 11 nitrogen and oxygen atoms in total. The number of nitrogens with zero attached hydrogens (tertiary/aromatic N) is 7. The SMILES string of the molecule is Cc1cc2nc(C)n(CC(=O)N3CCC4(CC3)COC[C@@](C)(O)[C@H](n3cnc5c(N)ncnc53)C4)c2cc1C. The molecule has 0 saturated carbocycles. The van der Waals surface area contributed by atoms with Crippen molar-refractivity contribution < 1.29 is 14.6 Å². The Bertz CT molecular complexity index is 1560. The molecule has 11 heteroatoms. The van der Waals surface area contributed by atoms with Gasteiger partial charge in [0.05, 0.1) is 36.6 Å². The van der Waals surface area contributed by atoms with Crippen molar-refractivity contribution >= 4 is 33.9 Å². The molecule has 1 spiro atoms. The Morgan fingerprint density at radius 3 is 2.64 bits per heavy atom. The number of nitrogens with two attached hydrogens (primary N) is 1. The van der Waals surface area contributed by atoms with Crippen LogP contribution in [0.5, 0.6) is 0 Å². The van der Waals surface area contributed by atoms with Gasteiger partial charge in [-0.3, -0.25) is 4.79 Å². The number of piperidine rings is 1. The van der Waals surface area contributed by atoms with Gasteiger partial charge in [0.25, 0.3) is 0 Å². The Labute approximate surface area is 227 Å². The monoisotopic (exact) mass is 532 g/mol. The zero-order valence-corrected chi connectivity index (χ0v) is 23.0. The van der Waals surface area contributed by atoms with Crippen LogP contribution in [0.25, 0.3) is 22.2 Å². The number of fused-ring (bicyclic) bond motifs is 2. The lowest BCUT2D eigenvalue weighted by atomic mass is 9.72. The van der Waals surface area contributed by atoms with Gasteiger partial charge in [-0.15, -0.1) is 0 Å². The van der Waals surface area contributed by atoms with Gasteiger partial charge in [-0.05, 0) is 75.6 Å². The highest BCUT2D eigenvalue weighted by Gasteiger charge is 2.47. The van der Waals surface area contributed by atoms with E-state index in [9.17, 15) is 9.90 Å². The third-order valence-corrected chi connectivity index (χ3v) is 8.89. The Balaban J connectivity index is 1.20. The summed E-state index contributed by atoms with van der Waals surface area (Å²) in [6, 6.07) is 3.90. The minimum atomic E-state index is -1.12. The Morgan fingerprint density at radius 2 is 1.87 bits per heavy atom. The predicted molar refractivity (Wildman–Crippen MR) is 147 cm³/mol. The van der Waals surface area contributed by atoms with Crippen LogP contribution in [-0.2, 0) is 16.1 Å². The van der Waals surface area contributed by atoms with Crippen molar-refractivity contribution in [2.24, 2.45) is 5.41 Å². The highest BCUT2D eigenvalue weighted by atomic mass is 16.5. The molecule has 5 heterocycles. The average molecular weight is 533 g/mol. The summed E-state index contributed by atoms with van der Waals surface area (Å²) in [7, 11) is 0. The lowest BCUT2D eigenvalue weighted by molar-refractivity contribution is -0.135. The number of ether oxygens (including phenoxy) is 1.